The molecule has 0 aliphatic heterocycles. The first-order valence-corrected chi connectivity index (χ1v) is 4.96. The van der Waals surface area contributed by atoms with Crippen LogP contribution < -0.4 is 5.56 Å². The Kier molecular flexibility index (Phi) is 2.14. The van der Waals surface area contributed by atoms with Gasteiger partial charge in [0.15, 0.2) is 0 Å². The van der Waals surface area contributed by atoms with Gasteiger partial charge in [0.25, 0.3) is 0 Å². The van der Waals surface area contributed by atoms with E-state index in [-0.39, 0.29) is 5.56 Å². The zero-order valence-electron chi connectivity index (χ0n) is 6.75. The number of nitrogens with zero attached hydrogens (tertiary/aromatic N) is 1. The number of hydrogen-bond acceptors (Lipinski definition) is 2. The monoisotopic (exact) mass is 238 g/mol. The first kappa shape index (κ1) is 8.44. The first-order chi connectivity index (χ1) is 6.29. The summed E-state index contributed by atoms with van der Waals surface area (Å²) in [5, 5.41) is 1.64. The van der Waals surface area contributed by atoms with Crippen molar-refractivity contribution in [3.8, 4) is 0 Å². The molecule has 0 saturated carbocycles. The van der Waals surface area contributed by atoms with Gasteiger partial charge >= 0.3 is 0 Å². The van der Waals surface area contributed by atoms with Gasteiger partial charge < -0.3 is 4.98 Å². The lowest BCUT2D eigenvalue weighted by Gasteiger charge is -1.98. The third-order valence-corrected chi connectivity index (χ3v) is 2.35. The maximum Gasteiger partial charge on any atom is 0.249 e. The van der Waals surface area contributed by atoms with Crippen LogP contribution in [0.25, 0.3) is 11.0 Å². The van der Waals surface area contributed by atoms with Crippen LogP contribution in [0.1, 0.15) is 5.69 Å². The quantitative estimate of drug-likeness (QED) is 0.771. The van der Waals surface area contributed by atoms with Gasteiger partial charge in [-0.15, -0.1) is 0 Å². The largest absolute Gasteiger partial charge is 0.307 e. The van der Waals surface area contributed by atoms with Crippen molar-refractivity contribution < 1.29 is 0 Å². The van der Waals surface area contributed by atoms with E-state index in [0.717, 1.165) is 11.1 Å². The normalized spacial score (nSPS) is 10.5. The van der Waals surface area contributed by atoms with Gasteiger partial charge in [-0.05, 0) is 18.2 Å². The topological polar surface area (TPSA) is 45.8 Å². The molecule has 0 aliphatic rings. The van der Waals surface area contributed by atoms with E-state index in [0.29, 0.717) is 11.0 Å². The third kappa shape index (κ3) is 1.62. The molecular weight excluding hydrogens is 232 g/mol. The van der Waals surface area contributed by atoms with Crippen LogP contribution in [0.2, 0.25) is 0 Å². The number of halogens is 1. The maximum absolute atomic E-state index is 11.0. The van der Waals surface area contributed by atoms with Gasteiger partial charge in [-0.1, -0.05) is 15.9 Å². The Hall–Kier alpha value is -1.16. The Bertz CT molecular complexity index is 492. The van der Waals surface area contributed by atoms with Crippen molar-refractivity contribution in [3.63, 3.8) is 0 Å². The summed E-state index contributed by atoms with van der Waals surface area (Å²) in [6.07, 6.45) is 0. The van der Waals surface area contributed by atoms with Crippen LogP contribution in [0.4, 0.5) is 0 Å². The second-order valence-electron chi connectivity index (χ2n) is 2.70. The molecule has 13 heavy (non-hydrogen) atoms. The Morgan fingerprint density at radius 1 is 1.31 bits per heavy atom. The van der Waals surface area contributed by atoms with Crippen molar-refractivity contribution in [1.29, 1.82) is 0 Å². The zero-order chi connectivity index (χ0) is 9.26. The van der Waals surface area contributed by atoms with Gasteiger partial charge in [-0.3, -0.25) is 4.79 Å². The van der Waals surface area contributed by atoms with Gasteiger partial charge in [0.2, 0.25) is 5.56 Å². The highest BCUT2D eigenvalue weighted by Crippen LogP contribution is 2.09. The minimum absolute atomic E-state index is 0.119. The molecule has 0 fully saturated rings. The highest BCUT2D eigenvalue weighted by molar-refractivity contribution is 9.08. The summed E-state index contributed by atoms with van der Waals surface area (Å²) in [6.45, 7) is 0. The van der Waals surface area contributed by atoms with Gasteiger partial charge in [-0.2, -0.15) is 0 Å². The number of fused-ring (bicyclic) bond motifs is 1. The lowest BCUT2D eigenvalue weighted by molar-refractivity contribution is 1.17. The molecule has 0 unspecified atom stereocenters. The fraction of sp³-hybridized carbons (Fsp3) is 0.111. The van der Waals surface area contributed by atoms with Gasteiger partial charge in [0.05, 0.1) is 5.69 Å². The third-order valence-electron chi connectivity index (χ3n) is 1.78. The Labute approximate surface area is 82.9 Å². The van der Waals surface area contributed by atoms with Gasteiger partial charge in [-0.25, -0.2) is 4.98 Å². The highest BCUT2D eigenvalue weighted by atomic mass is 79.9. The van der Waals surface area contributed by atoms with E-state index in [1.165, 1.54) is 6.07 Å². The lowest BCUT2D eigenvalue weighted by Crippen LogP contribution is -2.04. The number of alkyl halides is 1. The van der Waals surface area contributed by atoms with Crippen LogP contribution in [0.15, 0.2) is 29.1 Å². The molecule has 0 saturated heterocycles. The van der Waals surface area contributed by atoms with Crippen molar-refractivity contribution in [1.82, 2.24) is 9.97 Å². The molecule has 4 heteroatoms. The molecule has 0 spiro atoms. The molecule has 0 radical (unpaired) electrons. The predicted molar refractivity (Wildman–Crippen MR) is 55.0 cm³/mol. The second-order valence-corrected chi connectivity index (χ2v) is 3.26. The average Bonchev–Trinajstić information content (AvgIpc) is 2.16. The van der Waals surface area contributed by atoms with E-state index >= 15 is 0 Å². The van der Waals surface area contributed by atoms with Crippen LogP contribution in [-0.2, 0) is 5.33 Å². The molecule has 0 bridgehead atoms. The minimum atomic E-state index is -0.119. The molecule has 0 atom stereocenters. The minimum Gasteiger partial charge on any atom is -0.307 e. The Balaban J connectivity index is 2.75. The number of aromatic nitrogens is 2. The van der Waals surface area contributed by atoms with E-state index in [9.17, 15) is 4.79 Å². The van der Waals surface area contributed by atoms with Crippen LogP contribution in [0.3, 0.4) is 0 Å². The fourth-order valence-corrected chi connectivity index (χ4v) is 1.46. The average molecular weight is 239 g/mol. The molecule has 0 amide bonds. The fourth-order valence-electron chi connectivity index (χ4n) is 1.14. The van der Waals surface area contributed by atoms with E-state index in [4.69, 9.17) is 0 Å². The molecule has 2 heterocycles. The van der Waals surface area contributed by atoms with Gasteiger partial charge in [0.1, 0.15) is 5.65 Å². The van der Waals surface area contributed by atoms with Crippen molar-refractivity contribution in [2.45, 2.75) is 5.33 Å². The molecule has 2 aromatic heterocycles. The van der Waals surface area contributed by atoms with E-state index in [1.54, 1.807) is 6.07 Å². The van der Waals surface area contributed by atoms with Crippen LogP contribution in [0.5, 0.6) is 0 Å². The maximum atomic E-state index is 11.0. The smallest absolute Gasteiger partial charge is 0.249 e. The van der Waals surface area contributed by atoms with Crippen LogP contribution in [-0.4, -0.2) is 9.97 Å². The summed E-state index contributed by atoms with van der Waals surface area (Å²) < 4.78 is 0. The summed E-state index contributed by atoms with van der Waals surface area (Å²) in [6, 6.07) is 7.13. The molecule has 66 valence electrons. The molecule has 2 aromatic rings. The van der Waals surface area contributed by atoms with E-state index in [2.05, 4.69) is 25.9 Å². The highest BCUT2D eigenvalue weighted by Gasteiger charge is 1.96. The van der Waals surface area contributed by atoms with Crippen molar-refractivity contribution in [3.05, 3.63) is 40.3 Å². The second kappa shape index (κ2) is 3.30. The van der Waals surface area contributed by atoms with Gasteiger partial charge in [0, 0.05) is 16.8 Å². The Morgan fingerprint density at radius 2 is 2.08 bits per heavy atom. The summed E-state index contributed by atoms with van der Waals surface area (Å²) in [7, 11) is 0. The molecule has 1 N–H and O–H groups in total. The molecule has 2 rings (SSSR count). The number of pyridine rings is 2. The van der Waals surface area contributed by atoms with E-state index in [1.807, 2.05) is 12.1 Å². The number of H-pyrrole nitrogens is 1. The SMILES string of the molecule is O=c1ccc2ccc(CBr)nc2[nH]1. The van der Waals surface area contributed by atoms with Crippen LogP contribution in [0, 0.1) is 0 Å². The molecule has 0 aliphatic carbocycles. The zero-order valence-corrected chi connectivity index (χ0v) is 8.34. The summed E-state index contributed by atoms with van der Waals surface area (Å²) >= 11 is 3.31. The number of hydrogen-bond donors (Lipinski definition) is 1. The number of aromatic amines is 1. The number of nitrogens with one attached hydrogen (secondary N) is 1. The van der Waals surface area contributed by atoms with Crippen molar-refractivity contribution >= 4 is 27.0 Å². The van der Waals surface area contributed by atoms with Crippen LogP contribution >= 0.6 is 15.9 Å². The summed E-state index contributed by atoms with van der Waals surface area (Å²) in [4.78, 5) is 17.9. The molecular formula is C9H7BrN2O. The first-order valence-electron chi connectivity index (χ1n) is 3.84. The molecule has 0 aromatic carbocycles. The van der Waals surface area contributed by atoms with Crippen molar-refractivity contribution in [2.24, 2.45) is 0 Å². The standard InChI is InChI=1S/C9H7BrN2O/c10-5-7-3-1-6-2-4-8(13)12-9(6)11-7/h1-4H,5H2,(H,11,12,13). The van der Waals surface area contributed by atoms with Crippen molar-refractivity contribution in [2.75, 3.05) is 0 Å². The molecule has 3 nitrogen and oxygen atoms in total. The summed E-state index contributed by atoms with van der Waals surface area (Å²) in [5.74, 6) is 0. The Morgan fingerprint density at radius 3 is 2.85 bits per heavy atom. The lowest BCUT2D eigenvalue weighted by atomic mass is 10.2. The summed E-state index contributed by atoms with van der Waals surface area (Å²) in [5.41, 5.74) is 1.44. The predicted octanol–water partition coefficient (Wildman–Crippen LogP) is 1.82. The van der Waals surface area contributed by atoms with E-state index < -0.39 is 0 Å². The number of rotatable bonds is 1.